The number of nitrogens with one attached hydrogen (secondary N) is 1. The number of halogens is 3. The lowest BCUT2D eigenvalue weighted by molar-refractivity contribution is -0.128. The molecule has 2 fully saturated rings. The van der Waals surface area contributed by atoms with Gasteiger partial charge in [0.25, 0.3) is 0 Å². The molecule has 3 aromatic carbocycles. The third-order valence-electron chi connectivity index (χ3n) is 8.55. The summed E-state index contributed by atoms with van der Waals surface area (Å²) in [6.07, 6.45) is 0. The normalized spacial score (nSPS) is 25.1. The van der Waals surface area contributed by atoms with Crippen molar-refractivity contribution in [1.82, 2.24) is 4.90 Å². The summed E-state index contributed by atoms with van der Waals surface area (Å²) in [7, 11) is 1.31. The Bertz CT molecular complexity index is 1620. The molecule has 0 radical (unpaired) electrons. The highest BCUT2D eigenvalue weighted by molar-refractivity contribution is 6.31. The van der Waals surface area contributed by atoms with Crippen LogP contribution in [0, 0.1) is 17.2 Å². The molecule has 1 spiro atoms. The molecule has 7 nitrogen and oxygen atoms in total. The van der Waals surface area contributed by atoms with E-state index >= 15 is 4.39 Å². The second kappa shape index (κ2) is 10.1. The number of rotatable bonds is 4. The summed E-state index contributed by atoms with van der Waals surface area (Å²) >= 11 is 12.6. The molecule has 3 aliphatic rings. The number of methoxy groups -OCH3 is 1. The number of nitrogens with zero attached hydrogens (tertiary/aromatic N) is 2. The lowest BCUT2D eigenvalue weighted by Gasteiger charge is -2.43. The van der Waals surface area contributed by atoms with E-state index in [2.05, 4.69) is 31.0 Å². The topological polar surface area (TPSA) is 78.9 Å². The highest BCUT2D eigenvalue weighted by Crippen LogP contribution is 2.62. The van der Waals surface area contributed by atoms with Gasteiger partial charge >= 0.3 is 5.97 Å². The molecule has 0 aromatic heterocycles. The molecule has 0 unspecified atom stereocenters. The van der Waals surface area contributed by atoms with Crippen molar-refractivity contribution in [2.75, 3.05) is 30.4 Å². The first-order valence-electron chi connectivity index (χ1n) is 13.7. The van der Waals surface area contributed by atoms with Crippen molar-refractivity contribution in [3.63, 3.8) is 0 Å². The van der Waals surface area contributed by atoms with Gasteiger partial charge in [0.05, 0.1) is 23.6 Å². The van der Waals surface area contributed by atoms with Gasteiger partial charge in [-0.15, -0.1) is 0 Å². The fourth-order valence-electron chi connectivity index (χ4n) is 7.04. The van der Waals surface area contributed by atoms with Gasteiger partial charge in [0.15, 0.2) is 0 Å². The van der Waals surface area contributed by atoms with Crippen LogP contribution in [0.1, 0.15) is 48.2 Å². The van der Waals surface area contributed by atoms with Crippen LogP contribution in [0.15, 0.2) is 60.7 Å². The first kappa shape index (κ1) is 28.6. The van der Waals surface area contributed by atoms with Crippen LogP contribution in [0.3, 0.4) is 0 Å². The molecule has 3 aliphatic heterocycles. The zero-order chi connectivity index (χ0) is 30.1. The highest BCUT2D eigenvalue weighted by atomic mass is 35.5. The minimum Gasteiger partial charge on any atom is -0.465 e. The average Bonchev–Trinajstić information content (AvgIpc) is 3.52. The molecule has 3 heterocycles. The molecule has 0 aliphatic carbocycles. The lowest BCUT2D eigenvalue weighted by Crippen LogP contribution is -2.56. The van der Waals surface area contributed by atoms with Crippen LogP contribution in [-0.2, 0) is 19.9 Å². The van der Waals surface area contributed by atoms with E-state index in [1.165, 1.54) is 13.2 Å². The molecular formula is C32H30Cl2FN3O4. The minimum absolute atomic E-state index is 0.0797. The number of carbonyl (C=O) groups excluding carboxylic acids is 3. The molecule has 6 rings (SSSR count). The van der Waals surface area contributed by atoms with Crippen molar-refractivity contribution in [2.24, 2.45) is 11.3 Å². The fourth-order valence-corrected chi connectivity index (χ4v) is 7.39. The van der Waals surface area contributed by atoms with Gasteiger partial charge in [0.2, 0.25) is 11.8 Å². The van der Waals surface area contributed by atoms with E-state index in [1.54, 1.807) is 59.5 Å². The zero-order valence-electron chi connectivity index (χ0n) is 23.6. The van der Waals surface area contributed by atoms with E-state index < -0.39 is 35.2 Å². The minimum atomic E-state index is -1.38. The number of hydrogen-bond donors (Lipinski definition) is 1. The van der Waals surface area contributed by atoms with Gasteiger partial charge in [-0.05, 0) is 53.4 Å². The quantitative estimate of drug-likeness (QED) is 0.354. The summed E-state index contributed by atoms with van der Waals surface area (Å²) < 4.78 is 20.8. The molecule has 4 atom stereocenters. The molecule has 1 N–H and O–H groups in total. The van der Waals surface area contributed by atoms with Crippen LogP contribution in [-0.4, -0.2) is 48.9 Å². The van der Waals surface area contributed by atoms with Crippen LogP contribution < -0.4 is 10.2 Å². The first-order chi connectivity index (χ1) is 19.9. The molecule has 42 heavy (non-hydrogen) atoms. The largest absolute Gasteiger partial charge is 0.465 e. The number of likely N-dealkylation sites (tertiary alicyclic amines) is 1. The third-order valence-corrected chi connectivity index (χ3v) is 9.07. The van der Waals surface area contributed by atoms with Gasteiger partial charge < -0.3 is 15.0 Å². The number of carbonyl (C=O) groups is 3. The smallest absolute Gasteiger partial charge is 0.337 e. The molecule has 2 amide bonds. The number of benzene rings is 3. The summed E-state index contributed by atoms with van der Waals surface area (Å²) in [6, 6.07) is 16.1. The van der Waals surface area contributed by atoms with E-state index in [0.29, 0.717) is 34.1 Å². The standard InChI is InChI=1S/C32H30Cl2FN3O4/c1-31(2,3)16-38-24-15-37(19-11-8-17(9-12-19)29(40)42-4)28(39)25(24)26(20-6-5-7-22(34)27(20)35)32(38)21-13-10-18(33)14-23(21)36-30(32)41/h5-14,24-26H,15-16H2,1-4H3,(H,36,41)/t24-,25+,26-,32+/m0/s1. The summed E-state index contributed by atoms with van der Waals surface area (Å²) in [4.78, 5) is 44.6. The molecule has 2 saturated heterocycles. The maximum absolute atomic E-state index is 16.0. The van der Waals surface area contributed by atoms with Gasteiger partial charge in [-0.25, -0.2) is 9.18 Å². The zero-order valence-corrected chi connectivity index (χ0v) is 25.1. The van der Waals surface area contributed by atoms with Gasteiger partial charge in [0, 0.05) is 47.0 Å². The van der Waals surface area contributed by atoms with Crippen molar-refractivity contribution < 1.29 is 23.5 Å². The number of fused-ring (bicyclic) bond motifs is 3. The average molecular weight is 611 g/mol. The van der Waals surface area contributed by atoms with Gasteiger partial charge in [0.1, 0.15) is 11.4 Å². The molecule has 0 bridgehead atoms. The Kier molecular flexibility index (Phi) is 6.87. The van der Waals surface area contributed by atoms with Crippen molar-refractivity contribution in [1.29, 1.82) is 0 Å². The van der Waals surface area contributed by atoms with Gasteiger partial charge in [-0.1, -0.05) is 62.2 Å². The molecular weight excluding hydrogens is 580 g/mol. The van der Waals surface area contributed by atoms with Crippen LogP contribution in [0.25, 0.3) is 0 Å². The number of hydrogen-bond acceptors (Lipinski definition) is 5. The second-order valence-corrected chi connectivity index (χ2v) is 13.1. The van der Waals surface area contributed by atoms with E-state index in [-0.39, 0.29) is 34.4 Å². The maximum atomic E-state index is 16.0. The van der Waals surface area contributed by atoms with Crippen molar-refractivity contribution in [2.45, 2.75) is 38.3 Å². The Hall–Kier alpha value is -3.46. The van der Waals surface area contributed by atoms with Crippen LogP contribution >= 0.6 is 23.2 Å². The van der Waals surface area contributed by atoms with E-state index in [4.69, 9.17) is 27.9 Å². The molecule has 3 aromatic rings. The van der Waals surface area contributed by atoms with Crippen LogP contribution in [0.2, 0.25) is 10.0 Å². The van der Waals surface area contributed by atoms with Crippen molar-refractivity contribution in [3.05, 3.63) is 93.2 Å². The SMILES string of the molecule is COC(=O)c1ccc(N2C[C@H]3[C@@H](C2=O)[C@H](c2cccc(Cl)c2F)[C@]2(C(=O)Nc4cc(Cl)ccc42)N3CC(C)(C)C)cc1. The Morgan fingerprint density at radius 3 is 2.48 bits per heavy atom. The highest BCUT2D eigenvalue weighted by Gasteiger charge is 2.71. The Morgan fingerprint density at radius 2 is 1.81 bits per heavy atom. The maximum Gasteiger partial charge on any atom is 0.337 e. The predicted molar refractivity (Wildman–Crippen MR) is 159 cm³/mol. The van der Waals surface area contributed by atoms with Crippen molar-refractivity contribution in [3.8, 4) is 0 Å². The summed E-state index contributed by atoms with van der Waals surface area (Å²) in [5, 5.41) is 3.37. The first-order valence-corrected chi connectivity index (χ1v) is 14.5. The number of amides is 2. The lowest BCUT2D eigenvalue weighted by atomic mass is 9.71. The molecule has 218 valence electrons. The number of ether oxygens (including phenoxy) is 1. The van der Waals surface area contributed by atoms with Gasteiger partial charge in [-0.3, -0.25) is 14.5 Å². The summed E-state index contributed by atoms with van der Waals surface area (Å²) in [5.74, 6) is -3.35. The predicted octanol–water partition coefficient (Wildman–Crippen LogP) is 6.24. The summed E-state index contributed by atoms with van der Waals surface area (Å²) in [5.41, 5.74) is 0.697. The van der Waals surface area contributed by atoms with Crippen LogP contribution in [0.5, 0.6) is 0 Å². The van der Waals surface area contributed by atoms with Crippen LogP contribution in [0.4, 0.5) is 15.8 Å². The number of esters is 1. The third kappa shape index (κ3) is 4.22. The second-order valence-electron chi connectivity index (χ2n) is 12.3. The Balaban J connectivity index is 1.56. The van der Waals surface area contributed by atoms with E-state index in [1.807, 2.05) is 0 Å². The van der Waals surface area contributed by atoms with Gasteiger partial charge in [-0.2, -0.15) is 0 Å². The monoisotopic (exact) mass is 609 g/mol. The Morgan fingerprint density at radius 1 is 1.10 bits per heavy atom. The van der Waals surface area contributed by atoms with E-state index in [9.17, 15) is 14.4 Å². The Labute approximate surface area is 253 Å². The van der Waals surface area contributed by atoms with E-state index in [0.717, 1.165) is 0 Å². The molecule has 0 saturated carbocycles. The molecule has 10 heteroatoms. The number of anilines is 2. The van der Waals surface area contributed by atoms with Crippen molar-refractivity contribution >= 4 is 52.4 Å². The fraction of sp³-hybridized carbons (Fsp3) is 0.344. The summed E-state index contributed by atoms with van der Waals surface area (Å²) in [6.45, 7) is 6.93.